The number of methoxy groups -OCH3 is 1. The van der Waals surface area contributed by atoms with Crippen LogP contribution in [-0.2, 0) is 0 Å². The highest BCUT2D eigenvalue weighted by atomic mass is 16.5. The van der Waals surface area contributed by atoms with Gasteiger partial charge >= 0.3 is 5.97 Å². The van der Waals surface area contributed by atoms with E-state index in [1.807, 2.05) is 20.8 Å². The van der Waals surface area contributed by atoms with E-state index >= 15 is 0 Å². The monoisotopic (exact) mass is 253 g/mol. The Balaban J connectivity index is 3.47. The van der Waals surface area contributed by atoms with E-state index in [0.29, 0.717) is 0 Å². The molecule has 0 fully saturated rings. The van der Waals surface area contributed by atoms with Crippen molar-refractivity contribution in [2.75, 3.05) is 7.11 Å². The third kappa shape index (κ3) is 2.72. The van der Waals surface area contributed by atoms with Crippen LogP contribution in [-0.4, -0.2) is 22.8 Å². The van der Waals surface area contributed by atoms with Gasteiger partial charge in [-0.3, -0.25) is 4.79 Å². The molecule has 0 aliphatic rings. The highest BCUT2D eigenvalue weighted by molar-refractivity contribution is 5.85. The lowest BCUT2D eigenvalue weighted by molar-refractivity contribution is 0.0678. The fraction of sp³-hybridized carbons (Fsp3) is 0.538. The first-order chi connectivity index (χ1) is 8.42. The van der Waals surface area contributed by atoms with Gasteiger partial charge in [-0.2, -0.15) is 0 Å². The molecule has 1 aromatic rings. The van der Waals surface area contributed by atoms with Crippen molar-refractivity contribution in [1.29, 1.82) is 0 Å². The summed E-state index contributed by atoms with van der Waals surface area (Å²) in [6, 6.07) is 1.14. The van der Waals surface area contributed by atoms with E-state index < -0.39 is 11.4 Å². The highest BCUT2D eigenvalue weighted by Gasteiger charge is 2.20. The molecular weight excluding hydrogens is 234 g/mol. The third-order valence-electron chi connectivity index (χ3n) is 3.03. The molecule has 5 heteroatoms. The SMILES string of the molecule is CCC(C(C)C)n1cc(OC)c(=O)cc1C(=O)O. The van der Waals surface area contributed by atoms with Crippen LogP contribution in [0.25, 0.3) is 0 Å². The molecule has 100 valence electrons. The molecule has 1 aromatic heterocycles. The van der Waals surface area contributed by atoms with E-state index in [0.717, 1.165) is 12.5 Å². The average molecular weight is 253 g/mol. The number of aromatic carboxylic acids is 1. The molecule has 0 aliphatic heterocycles. The van der Waals surface area contributed by atoms with Gasteiger partial charge in [0, 0.05) is 12.1 Å². The van der Waals surface area contributed by atoms with E-state index in [4.69, 9.17) is 4.74 Å². The van der Waals surface area contributed by atoms with Crippen molar-refractivity contribution in [3.05, 3.63) is 28.2 Å². The number of hydrogen-bond donors (Lipinski definition) is 1. The maximum absolute atomic E-state index is 11.6. The predicted molar refractivity (Wildman–Crippen MR) is 68.4 cm³/mol. The molecule has 1 atom stereocenters. The van der Waals surface area contributed by atoms with Crippen LogP contribution in [0.15, 0.2) is 17.1 Å². The van der Waals surface area contributed by atoms with Gasteiger partial charge in [0.05, 0.1) is 13.3 Å². The summed E-state index contributed by atoms with van der Waals surface area (Å²) in [6.07, 6.45) is 2.27. The number of pyridine rings is 1. The molecule has 0 amide bonds. The van der Waals surface area contributed by atoms with Gasteiger partial charge in [-0.15, -0.1) is 0 Å². The molecule has 0 saturated heterocycles. The average Bonchev–Trinajstić information content (AvgIpc) is 2.30. The lowest BCUT2D eigenvalue weighted by atomic mass is 10.0. The van der Waals surface area contributed by atoms with Crippen molar-refractivity contribution < 1.29 is 14.6 Å². The minimum absolute atomic E-state index is 0.00125. The lowest BCUT2D eigenvalue weighted by Crippen LogP contribution is -2.24. The summed E-state index contributed by atoms with van der Waals surface area (Å²) in [7, 11) is 1.40. The normalized spacial score (nSPS) is 12.5. The van der Waals surface area contributed by atoms with Gasteiger partial charge in [0.25, 0.3) is 0 Å². The van der Waals surface area contributed by atoms with Crippen LogP contribution < -0.4 is 10.2 Å². The van der Waals surface area contributed by atoms with Gasteiger partial charge in [0.15, 0.2) is 5.75 Å². The summed E-state index contributed by atoms with van der Waals surface area (Å²) in [4.78, 5) is 22.8. The first-order valence-electron chi connectivity index (χ1n) is 5.95. The maximum atomic E-state index is 11.6. The van der Waals surface area contributed by atoms with Crippen LogP contribution in [0, 0.1) is 5.92 Å². The minimum atomic E-state index is -1.10. The Bertz CT molecular complexity index is 490. The van der Waals surface area contributed by atoms with Gasteiger partial charge in [-0.25, -0.2) is 4.79 Å². The second-order valence-corrected chi connectivity index (χ2v) is 4.52. The Morgan fingerprint density at radius 1 is 1.50 bits per heavy atom. The largest absolute Gasteiger partial charge is 0.491 e. The molecule has 1 N–H and O–H groups in total. The van der Waals surface area contributed by atoms with Crippen LogP contribution in [0.2, 0.25) is 0 Å². The van der Waals surface area contributed by atoms with E-state index in [1.165, 1.54) is 13.3 Å². The summed E-state index contributed by atoms with van der Waals surface area (Å²) < 4.78 is 6.59. The zero-order chi connectivity index (χ0) is 13.9. The Morgan fingerprint density at radius 3 is 2.50 bits per heavy atom. The summed E-state index contributed by atoms with van der Waals surface area (Å²) in [5.41, 5.74) is -0.411. The zero-order valence-corrected chi connectivity index (χ0v) is 11.1. The molecule has 0 saturated carbocycles. The smallest absolute Gasteiger partial charge is 0.352 e. The summed E-state index contributed by atoms with van der Waals surface area (Å²) in [6.45, 7) is 6.02. The maximum Gasteiger partial charge on any atom is 0.352 e. The van der Waals surface area contributed by atoms with Gasteiger partial charge in [-0.1, -0.05) is 20.8 Å². The van der Waals surface area contributed by atoms with E-state index in [2.05, 4.69) is 0 Å². The van der Waals surface area contributed by atoms with Crippen LogP contribution in [0.4, 0.5) is 0 Å². The van der Waals surface area contributed by atoms with Crippen molar-refractivity contribution in [3.63, 3.8) is 0 Å². The number of carboxylic acid groups (broad SMARTS) is 1. The molecule has 1 rings (SSSR count). The first kappa shape index (κ1) is 14.3. The fourth-order valence-electron chi connectivity index (χ4n) is 2.12. The lowest BCUT2D eigenvalue weighted by Gasteiger charge is -2.25. The quantitative estimate of drug-likeness (QED) is 0.873. The fourth-order valence-corrected chi connectivity index (χ4v) is 2.12. The van der Waals surface area contributed by atoms with Crippen LogP contribution in [0.1, 0.15) is 43.7 Å². The third-order valence-corrected chi connectivity index (χ3v) is 3.03. The summed E-state index contributed by atoms with van der Waals surface area (Å²) >= 11 is 0. The molecule has 18 heavy (non-hydrogen) atoms. The Hall–Kier alpha value is -1.78. The topological polar surface area (TPSA) is 68.5 Å². The number of aromatic nitrogens is 1. The first-order valence-corrected chi connectivity index (χ1v) is 5.95. The van der Waals surface area contributed by atoms with E-state index in [1.54, 1.807) is 4.57 Å². The second-order valence-electron chi connectivity index (χ2n) is 4.52. The summed E-state index contributed by atoms with van der Waals surface area (Å²) in [5, 5.41) is 9.18. The number of hydrogen-bond acceptors (Lipinski definition) is 3. The van der Waals surface area contributed by atoms with E-state index in [-0.39, 0.29) is 23.4 Å². The molecule has 5 nitrogen and oxygen atoms in total. The molecular formula is C13H19NO4. The van der Waals surface area contributed by atoms with Crippen molar-refractivity contribution in [3.8, 4) is 5.75 Å². The summed E-state index contributed by atoms with van der Waals surface area (Å²) in [5.74, 6) is -0.673. The van der Waals surface area contributed by atoms with Gasteiger partial charge in [0.1, 0.15) is 5.69 Å². The molecule has 0 spiro atoms. The van der Waals surface area contributed by atoms with Crippen LogP contribution >= 0.6 is 0 Å². The molecule has 0 aliphatic carbocycles. The number of rotatable bonds is 5. The van der Waals surface area contributed by atoms with Crippen molar-refractivity contribution >= 4 is 5.97 Å². The highest BCUT2D eigenvalue weighted by Crippen LogP contribution is 2.24. The minimum Gasteiger partial charge on any atom is -0.491 e. The Labute approximate surface area is 106 Å². The van der Waals surface area contributed by atoms with Crippen molar-refractivity contribution in [1.82, 2.24) is 4.57 Å². The Morgan fingerprint density at radius 2 is 2.11 bits per heavy atom. The Kier molecular flexibility index (Phi) is 4.53. The standard InChI is InChI=1S/C13H19NO4/c1-5-9(8(2)3)14-7-12(18-4)11(15)6-10(14)13(16)17/h6-9H,5H2,1-4H3,(H,16,17). The van der Waals surface area contributed by atoms with Crippen molar-refractivity contribution in [2.45, 2.75) is 33.2 Å². The van der Waals surface area contributed by atoms with Crippen LogP contribution in [0.5, 0.6) is 5.75 Å². The van der Waals surface area contributed by atoms with Gasteiger partial charge < -0.3 is 14.4 Å². The van der Waals surface area contributed by atoms with Gasteiger partial charge in [-0.05, 0) is 12.3 Å². The van der Waals surface area contributed by atoms with Gasteiger partial charge in [0.2, 0.25) is 5.43 Å². The van der Waals surface area contributed by atoms with Crippen molar-refractivity contribution in [2.24, 2.45) is 5.92 Å². The zero-order valence-electron chi connectivity index (χ0n) is 11.1. The number of nitrogens with zero attached hydrogens (tertiary/aromatic N) is 1. The second kappa shape index (κ2) is 5.71. The van der Waals surface area contributed by atoms with E-state index in [9.17, 15) is 14.7 Å². The number of ether oxygens (including phenoxy) is 1. The molecule has 0 bridgehead atoms. The predicted octanol–water partition coefficient (Wildman–Crippen LogP) is 2.16. The van der Waals surface area contributed by atoms with Crippen LogP contribution in [0.3, 0.4) is 0 Å². The molecule has 1 heterocycles. The number of carbonyl (C=O) groups is 1. The molecule has 1 unspecified atom stereocenters. The molecule has 0 radical (unpaired) electrons. The molecule has 0 aromatic carbocycles. The number of carboxylic acids is 1.